The van der Waals surface area contributed by atoms with Gasteiger partial charge in [0, 0.05) is 0 Å². The smallest absolute Gasteiger partial charge is 0.283 e. The number of rotatable bonds is 6. The lowest BCUT2D eigenvalue weighted by atomic mass is 9.12. The van der Waals surface area contributed by atoms with Crippen LogP contribution in [0.5, 0.6) is 5.75 Å². The highest BCUT2D eigenvalue weighted by Crippen LogP contribution is 2.41. The van der Waals surface area contributed by atoms with Crippen molar-refractivity contribution < 1.29 is 114 Å². The van der Waals surface area contributed by atoms with Gasteiger partial charge in [-0.3, -0.25) is 4.18 Å². The third kappa shape index (κ3) is 12.8. The molecule has 28 heteroatoms. The van der Waals surface area contributed by atoms with E-state index >= 15 is 0 Å². The number of benzene rings is 5. The maximum Gasteiger partial charge on any atom is 0.416 e. The first-order valence-corrected chi connectivity index (χ1v) is 19.8. The van der Waals surface area contributed by atoms with Crippen molar-refractivity contribution in [2.75, 3.05) is 12.5 Å². The monoisotopic (exact) mass is 1040 g/mol. The zero-order valence-corrected chi connectivity index (χ0v) is 33.9. The van der Waals surface area contributed by atoms with Crippen LogP contribution < -0.4 is 26.0 Å². The van der Waals surface area contributed by atoms with Crippen LogP contribution >= 0.6 is 0 Å². The Bertz CT molecular complexity index is 2160. The van der Waals surface area contributed by atoms with Crippen LogP contribution in [-0.2, 0) is 60.6 Å². The third-order valence-corrected chi connectivity index (χ3v) is 10.0. The summed E-state index contributed by atoms with van der Waals surface area (Å²) in [5.41, 5.74) is -30.2. The average molecular weight is 1040 g/mol. The van der Waals surface area contributed by atoms with Crippen LogP contribution in [0.4, 0.5) is 110 Å². The van der Waals surface area contributed by atoms with Gasteiger partial charge in [0.25, 0.3) is 0 Å². The molecule has 0 aromatic heterocycles. The van der Waals surface area contributed by atoms with Gasteiger partial charge in [-0.05, 0) is 36.4 Å². The zero-order chi connectivity index (χ0) is 52.2. The molecule has 0 amide bonds. The van der Waals surface area contributed by atoms with Gasteiger partial charge in [-0.2, -0.15) is 127 Å². The van der Waals surface area contributed by atoms with E-state index in [1.165, 1.54) is 6.07 Å². The summed E-state index contributed by atoms with van der Waals surface area (Å²) in [6, 6.07) is -2.39. The topological polar surface area (TPSA) is 9.23 Å². The van der Waals surface area contributed by atoms with Crippen molar-refractivity contribution in [3.05, 3.63) is 147 Å². The molecule has 5 rings (SSSR count). The molecule has 0 radical (unpaired) electrons. The molecule has 5 aromatic carbocycles. The van der Waals surface area contributed by atoms with Crippen LogP contribution in [0.1, 0.15) is 44.5 Å². The van der Waals surface area contributed by atoms with Crippen LogP contribution in [0.2, 0.25) is 0 Å². The highest BCUT2D eigenvalue weighted by molar-refractivity contribution is 7.91. The maximum absolute atomic E-state index is 14.2. The molecular formula is C40H22BF25OS. The molecule has 0 aliphatic rings. The predicted molar refractivity (Wildman–Crippen MR) is 196 cm³/mol. The van der Waals surface area contributed by atoms with E-state index in [1.807, 2.05) is 12.5 Å². The zero-order valence-electron chi connectivity index (χ0n) is 33.1. The SMILES string of the molecule is C[S+](C)Oc1ccccc1F.FC(F)(F)c1cc([B-](c2cc(C(F)(F)F)cc(C(F)(F)F)c2)(c2cc(C(F)(F)F)cc(C(F)(F)F)c2)c2cc(C(F)(F)F)cc(C(F)(F)F)c2)cc(C(F)(F)F)c1. The van der Waals surface area contributed by atoms with Crippen LogP contribution in [0, 0.1) is 5.82 Å². The minimum absolute atomic E-state index is 0.217. The summed E-state index contributed by atoms with van der Waals surface area (Å²) in [6.07, 6.45) is -51.0. The Hall–Kier alpha value is -5.44. The fourth-order valence-corrected chi connectivity index (χ4v) is 7.26. The van der Waals surface area contributed by atoms with E-state index in [4.69, 9.17) is 4.18 Å². The summed E-state index contributed by atoms with van der Waals surface area (Å²) in [4.78, 5) is 0. The Morgan fingerprint density at radius 3 is 0.676 bits per heavy atom. The highest BCUT2D eigenvalue weighted by atomic mass is 32.2. The lowest BCUT2D eigenvalue weighted by molar-refractivity contribution is -0.144. The molecule has 0 saturated carbocycles. The fraction of sp³-hybridized carbons (Fsp3) is 0.250. The molecule has 0 aliphatic heterocycles. The normalized spacial score (nSPS) is 13.6. The number of hydrogen-bond donors (Lipinski definition) is 0. The molecule has 0 aliphatic carbocycles. The average Bonchev–Trinajstić information content (AvgIpc) is 3.16. The number of hydrogen-bond acceptors (Lipinski definition) is 1. The predicted octanol–water partition coefficient (Wildman–Crippen LogP) is 13.2. The Balaban J connectivity index is 0.000000802. The molecule has 0 fully saturated rings. The van der Waals surface area contributed by atoms with Gasteiger partial charge in [0.1, 0.15) is 18.7 Å². The second kappa shape index (κ2) is 18.5. The summed E-state index contributed by atoms with van der Waals surface area (Å²) in [6.45, 7) is 0. The lowest BCUT2D eigenvalue weighted by Crippen LogP contribution is -2.75. The fourth-order valence-electron chi connectivity index (χ4n) is 6.76. The van der Waals surface area contributed by atoms with Crippen molar-refractivity contribution in [2.24, 2.45) is 0 Å². The molecule has 372 valence electrons. The van der Waals surface area contributed by atoms with Crippen LogP contribution in [-0.4, -0.2) is 18.7 Å². The van der Waals surface area contributed by atoms with Crippen molar-refractivity contribution >= 4 is 39.2 Å². The van der Waals surface area contributed by atoms with Crippen molar-refractivity contribution in [1.29, 1.82) is 0 Å². The van der Waals surface area contributed by atoms with Crippen LogP contribution in [0.25, 0.3) is 0 Å². The van der Waals surface area contributed by atoms with Crippen LogP contribution in [0.15, 0.2) is 97.1 Å². The van der Waals surface area contributed by atoms with Crippen LogP contribution in [0.3, 0.4) is 0 Å². The van der Waals surface area contributed by atoms with Gasteiger partial charge in [-0.1, -0.05) is 60.7 Å². The Morgan fingerprint density at radius 2 is 0.515 bits per heavy atom. The molecule has 68 heavy (non-hydrogen) atoms. The van der Waals surface area contributed by atoms with Gasteiger partial charge in [-0.15, -0.1) is 0 Å². The molecule has 0 bridgehead atoms. The standard InChI is InChI=1S/C32H12BF24.C8H10FOS/c34-25(35,36)13-1-14(26(37,38)39)6-21(5-13)33(22-7-15(27(40,41)42)2-16(8-22)28(43,44)45,23-9-17(29(46,47)48)3-18(10-23)30(49,50)51)24-11-19(31(52,53)54)4-20(12-24)32(55,56)57;1-11(2)10-8-6-4-3-5-7(8)9/h1-12H;3-6H,1-2H3/q-1;+1. The maximum atomic E-state index is 14.2. The van der Waals surface area contributed by atoms with E-state index in [0.29, 0.717) is 5.75 Å². The van der Waals surface area contributed by atoms with Crippen molar-refractivity contribution in [2.45, 2.75) is 49.4 Å². The molecule has 5 aromatic rings. The highest BCUT2D eigenvalue weighted by Gasteiger charge is 2.47. The van der Waals surface area contributed by atoms with Crippen molar-refractivity contribution in [1.82, 2.24) is 0 Å². The van der Waals surface area contributed by atoms with Gasteiger partial charge in [0.15, 0.2) is 17.0 Å². The summed E-state index contributed by atoms with van der Waals surface area (Å²) in [7, 11) is 0. The van der Waals surface area contributed by atoms with Crippen molar-refractivity contribution in [3.8, 4) is 5.75 Å². The quantitative estimate of drug-likeness (QED) is 0.0936. The van der Waals surface area contributed by atoms with Gasteiger partial charge in [0.05, 0.1) is 44.5 Å². The van der Waals surface area contributed by atoms with E-state index in [2.05, 4.69) is 0 Å². The molecule has 0 unspecified atom stereocenters. The van der Waals surface area contributed by atoms with Gasteiger partial charge in [0.2, 0.25) is 5.75 Å². The Kier molecular flexibility index (Phi) is 15.0. The van der Waals surface area contributed by atoms with Gasteiger partial charge < -0.3 is 0 Å². The van der Waals surface area contributed by atoms with E-state index in [0.717, 1.165) is 0 Å². The second-order valence-corrected chi connectivity index (χ2v) is 16.1. The lowest BCUT2D eigenvalue weighted by Gasteiger charge is -2.46. The van der Waals surface area contributed by atoms with E-state index in [-0.39, 0.29) is 17.0 Å². The van der Waals surface area contributed by atoms with E-state index < -0.39 is 195 Å². The molecule has 0 saturated heterocycles. The summed E-state index contributed by atoms with van der Waals surface area (Å²) in [5.74, 6) is 0.0366. The van der Waals surface area contributed by atoms with E-state index in [9.17, 15) is 110 Å². The molecule has 1 nitrogen and oxygen atoms in total. The summed E-state index contributed by atoms with van der Waals surface area (Å²) >= 11 is -0.217. The van der Waals surface area contributed by atoms with Crippen molar-refractivity contribution in [3.63, 3.8) is 0 Å². The second-order valence-electron chi connectivity index (χ2n) is 14.5. The first kappa shape index (κ1) is 55.2. The molecule has 0 atom stereocenters. The first-order chi connectivity index (χ1) is 30.5. The first-order valence-electron chi connectivity index (χ1n) is 17.8. The summed E-state index contributed by atoms with van der Waals surface area (Å²) < 4.78 is 359. The molecule has 0 spiro atoms. The Morgan fingerprint density at radius 1 is 0.324 bits per heavy atom. The van der Waals surface area contributed by atoms with Gasteiger partial charge >= 0.3 is 49.4 Å². The van der Waals surface area contributed by atoms with Gasteiger partial charge in [-0.25, -0.2) is 4.39 Å². The Labute approximate surface area is 368 Å². The minimum Gasteiger partial charge on any atom is -0.283 e. The number of halogens is 25. The third-order valence-electron chi connectivity index (χ3n) is 9.53. The summed E-state index contributed by atoms with van der Waals surface area (Å²) in [5, 5.41) is 0. The minimum atomic E-state index is -6.13. The molecule has 0 heterocycles. The number of para-hydroxylation sites is 1. The number of alkyl halides is 24. The largest absolute Gasteiger partial charge is 0.416 e. The molecular weight excluding hydrogens is 1010 g/mol. The molecule has 0 N–H and O–H groups in total. The van der Waals surface area contributed by atoms with E-state index in [1.54, 1.807) is 18.2 Å².